The first-order valence-electron chi connectivity index (χ1n) is 8.07. The Labute approximate surface area is 126 Å². The van der Waals surface area contributed by atoms with Crippen molar-refractivity contribution in [2.24, 2.45) is 5.41 Å². The van der Waals surface area contributed by atoms with Crippen molar-refractivity contribution in [2.45, 2.75) is 58.9 Å². The van der Waals surface area contributed by atoms with Gasteiger partial charge < -0.3 is 10.2 Å². The topological polar surface area (TPSA) is 28.2 Å². The fourth-order valence-corrected chi connectivity index (χ4v) is 4.66. The maximum atomic E-state index is 4.99. The third-order valence-electron chi connectivity index (χ3n) is 4.45. The van der Waals surface area contributed by atoms with Gasteiger partial charge in [0, 0.05) is 24.0 Å². The second-order valence-electron chi connectivity index (χ2n) is 7.05. The summed E-state index contributed by atoms with van der Waals surface area (Å²) in [5.41, 5.74) is 1.73. The predicted molar refractivity (Wildman–Crippen MR) is 86.7 cm³/mol. The Kier molecular flexibility index (Phi) is 4.04. The first kappa shape index (κ1) is 14.3. The van der Waals surface area contributed by atoms with E-state index in [-0.39, 0.29) is 0 Å². The molecule has 0 saturated carbocycles. The van der Waals surface area contributed by atoms with Gasteiger partial charge in [-0.3, -0.25) is 0 Å². The molecule has 0 radical (unpaired) electrons. The van der Waals surface area contributed by atoms with Crippen LogP contribution in [0.25, 0.3) is 0 Å². The standard InChI is InChI=1S/C16H27N3S/c1-4-7-17-12-10-16(2,3)11-13-14(12)20-15(18-13)19-8-5-6-9-19/h12,17H,4-11H2,1-3H3. The number of nitrogens with zero attached hydrogens (tertiary/aromatic N) is 2. The van der Waals surface area contributed by atoms with Crippen molar-refractivity contribution in [2.75, 3.05) is 24.5 Å². The Morgan fingerprint density at radius 1 is 1.35 bits per heavy atom. The van der Waals surface area contributed by atoms with Crippen LogP contribution in [-0.4, -0.2) is 24.6 Å². The van der Waals surface area contributed by atoms with Crippen molar-refractivity contribution in [3.63, 3.8) is 0 Å². The molecule has 0 amide bonds. The van der Waals surface area contributed by atoms with Gasteiger partial charge in [0.05, 0.1) is 5.69 Å². The molecule has 1 atom stereocenters. The van der Waals surface area contributed by atoms with Gasteiger partial charge in [0.1, 0.15) is 0 Å². The summed E-state index contributed by atoms with van der Waals surface area (Å²) in [6.45, 7) is 10.5. The molecule has 1 aromatic heterocycles. The van der Waals surface area contributed by atoms with Crippen LogP contribution in [0.15, 0.2) is 0 Å². The number of hydrogen-bond acceptors (Lipinski definition) is 4. The van der Waals surface area contributed by atoms with Gasteiger partial charge in [-0.15, -0.1) is 0 Å². The molecule has 0 bridgehead atoms. The molecule has 0 aromatic carbocycles. The zero-order valence-corrected chi connectivity index (χ0v) is 13.9. The molecule has 1 fully saturated rings. The maximum absolute atomic E-state index is 4.99. The summed E-state index contributed by atoms with van der Waals surface area (Å²) in [6, 6.07) is 0.516. The van der Waals surface area contributed by atoms with Gasteiger partial charge in [-0.2, -0.15) is 0 Å². The lowest BCUT2D eigenvalue weighted by molar-refractivity contribution is 0.258. The average molecular weight is 293 g/mol. The minimum absolute atomic E-state index is 0.370. The molecule has 1 aliphatic heterocycles. The molecule has 1 aliphatic carbocycles. The van der Waals surface area contributed by atoms with Crippen molar-refractivity contribution in [3.05, 3.63) is 10.6 Å². The lowest BCUT2D eigenvalue weighted by atomic mass is 9.76. The van der Waals surface area contributed by atoms with Crippen molar-refractivity contribution in [1.82, 2.24) is 10.3 Å². The van der Waals surface area contributed by atoms with E-state index in [1.165, 1.54) is 54.5 Å². The van der Waals surface area contributed by atoms with Crippen molar-refractivity contribution in [3.8, 4) is 0 Å². The number of hydrogen-bond donors (Lipinski definition) is 1. The largest absolute Gasteiger partial charge is 0.348 e. The summed E-state index contributed by atoms with van der Waals surface area (Å²) in [5, 5.41) is 5.01. The minimum atomic E-state index is 0.370. The summed E-state index contributed by atoms with van der Waals surface area (Å²) in [4.78, 5) is 8.98. The van der Waals surface area contributed by atoms with Crippen molar-refractivity contribution < 1.29 is 0 Å². The van der Waals surface area contributed by atoms with E-state index >= 15 is 0 Å². The number of rotatable bonds is 4. The van der Waals surface area contributed by atoms with Gasteiger partial charge in [0.2, 0.25) is 0 Å². The highest BCUT2D eigenvalue weighted by Gasteiger charge is 2.35. The van der Waals surface area contributed by atoms with Gasteiger partial charge >= 0.3 is 0 Å². The van der Waals surface area contributed by atoms with E-state index in [2.05, 4.69) is 31.0 Å². The summed E-state index contributed by atoms with van der Waals surface area (Å²) < 4.78 is 0. The van der Waals surface area contributed by atoms with Gasteiger partial charge in [-0.05, 0) is 44.1 Å². The molecule has 0 spiro atoms. The lowest BCUT2D eigenvalue weighted by Crippen LogP contribution is -2.33. The molecular weight excluding hydrogens is 266 g/mol. The van der Waals surface area contributed by atoms with E-state index in [1.54, 1.807) is 0 Å². The van der Waals surface area contributed by atoms with Crippen LogP contribution in [-0.2, 0) is 6.42 Å². The highest BCUT2D eigenvalue weighted by atomic mass is 32.1. The number of nitrogens with one attached hydrogen (secondary N) is 1. The van der Waals surface area contributed by atoms with Crippen LogP contribution in [0.1, 0.15) is 63.1 Å². The molecule has 1 N–H and O–H groups in total. The highest BCUT2D eigenvalue weighted by Crippen LogP contribution is 2.45. The zero-order chi connectivity index (χ0) is 14.2. The molecular formula is C16H27N3S. The van der Waals surface area contributed by atoms with Crippen LogP contribution in [0.2, 0.25) is 0 Å². The number of thiazole rings is 1. The van der Waals surface area contributed by atoms with E-state index in [4.69, 9.17) is 4.98 Å². The molecule has 1 unspecified atom stereocenters. The SMILES string of the molecule is CCCNC1CC(C)(C)Cc2nc(N3CCCC3)sc21. The van der Waals surface area contributed by atoms with E-state index in [0.717, 1.165) is 13.0 Å². The first-order chi connectivity index (χ1) is 9.59. The first-order valence-corrected chi connectivity index (χ1v) is 8.88. The smallest absolute Gasteiger partial charge is 0.185 e. The van der Waals surface area contributed by atoms with Crippen molar-refractivity contribution >= 4 is 16.5 Å². The van der Waals surface area contributed by atoms with Crippen LogP contribution in [0.3, 0.4) is 0 Å². The molecule has 1 saturated heterocycles. The second kappa shape index (κ2) is 5.64. The molecule has 2 heterocycles. The van der Waals surface area contributed by atoms with Crippen LogP contribution in [0, 0.1) is 5.41 Å². The van der Waals surface area contributed by atoms with Crippen molar-refractivity contribution in [1.29, 1.82) is 0 Å². The van der Waals surface area contributed by atoms with Crippen LogP contribution in [0.4, 0.5) is 5.13 Å². The average Bonchev–Trinajstić information content (AvgIpc) is 3.02. The number of aromatic nitrogens is 1. The van der Waals surface area contributed by atoms with E-state index in [0.29, 0.717) is 11.5 Å². The lowest BCUT2D eigenvalue weighted by Gasteiger charge is -2.34. The van der Waals surface area contributed by atoms with Gasteiger partial charge in [0.25, 0.3) is 0 Å². The fourth-order valence-electron chi connectivity index (χ4n) is 3.45. The Morgan fingerprint density at radius 3 is 2.80 bits per heavy atom. The Bertz CT molecular complexity index is 460. The third kappa shape index (κ3) is 2.86. The van der Waals surface area contributed by atoms with E-state index in [1.807, 2.05) is 11.3 Å². The molecule has 1 aromatic rings. The summed E-state index contributed by atoms with van der Waals surface area (Å²) in [5.74, 6) is 0. The molecule has 4 heteroatoms. The van der Waals surface area contributed by atoms with Gasteiger partial charge in [0.15, 0.2) is 5.13 Å². The summed E-state index contributed by atoms with van der Waals surface area (Å²) in [7, 11) is 0. The molecule has 112 valence electrons. The Morgan fingerprint density at radius 2 is 2.10 bits per heavy atom. The Balaban J connectivity index is 1.85. The zero-order valence-electron chi connectivity index (χ0n) is 13.0. The molecule has 3 nitrogen and oxygen atoms in total. The second-order valence-corrected chi connectivity index (χ2v) is 8.06. The monoisotopic (exact) mass is 293 g/mol. The van der Waals surface area contributed by atoms with E-state index in [9.17, 15) is 0 Å². The normalized spacial score (nSPS) is 24.9. The van der Waals surface area contributed by atoms with E-state index < -0.39 is 0 Å². The molecule has 3 rings (SSSR count). The maximum Gasteiger partial charge on any atom is 0.185 e. The third-order valence-corrected chi connectivity index (χ3v) is 5.72. The fraction of sp³-hybridized carbons (Fsp3) is 0.812. The minimum Gasteiger partial charge on any atom is -0.348 e. The molecule has 2 aliphatic rings. The van der Waals surface area contributed by atoms with Crippen LogP contribution in [0.5, 0.6) is 0 Å². The number of fused-ring (bicyclic) bond motifs is 1. The summed E-state index contributed by atoms with van der Waals surface area (Å²) in [6.07, 6.45) is 6.23. The Hall–Kier alpha value is -0.610. The molecule has 20 heavy (non-hydrogen) atoms. The van der Waals surface area contributed by atoms with Crippen LogP contribution < -0.4 is 10.2 Å². The predicted octanol–water partition coefficient (Wildman–Crippen LogP) is 3.76. The van der Waals surface area contributed by atoms with Gasteiger partial charge in [-0.1, -0.05) is 32.1 Å². The highest BCUT2D eigenvalue weighted by molar-refractivity contribution is 7.15. The number of anilines is 1. The summed E-state index contributed by atoms with van der Waals surface area (Å²) >= 11 is 1.94. The van der Waals surface area contributed by atoms with Gasteiger partial charge in [-0.25, -0.2) is 4.98 Å². The van der Waals surface area contributed by atoms with Crippen LogP contribution >= 0.6 is 11.3 Å². The quantitative estimate of drug-likeness (QED) is 0.916.